The number of ketones is 1. The molecule has 0 unspecified atom stereocenters. The Hall–Kier alpha value is -3.46. The predicted molar refractivity (Wildman–Crippen MR) is 114 cm³/mol. The van der Waals surface area contributed by atoms with E-state index in [1.165, 1.54) is 6.07 Å². The monoisotopic (exact) mass is 435 g/mol. The molecule has 164 valence electrons. The van der Waals surface area contributed by atoms with Gasteiger partial charge in [-0.05, 0) is 36.6 Å². The number of esters is 1. The number of amides is 2. The van der Waals surface area contributed by atoms with E-state index in [4.69, 9.17) is 9.39 Å². The molecule has 2 heterocycles. The van der Waals surface area contributed by atoms with Gasteiger partial charge in [0, 0.05) is 18.7 Å². The summed E-state index contributed by atoms with van der Waals surface area (Å²) in [5.74, 6) is -2.00. The first-order chi connectivity index (χ1) is 15.4. The second-order valence-electron chi connectivity index (χ2n) is 7.90. The van der Waals surface area contributed by atoms with Crippen LogP contribution in [0.15, 0.2) is 42.5 Å². The minimum atomic E-state index is -1.23. The van der Waals surface area contributed by atoms with Gasteiger partial charge in [-0.25, -0.2) is 9.69 Å². The first kappa shape index (κ1) is 21.8. The highest BCUT2D eigenvalue weighted by Gasteiger charge is 2.39. The zero-order chi connectivity index (χ0) is 22.8. The first-order valence-electron chi connectivity index (χ1n) is 10.5. The number of rotatable bonds is 7. The molecule has 9 heteroatoms. The lowest BCUT2D eigenvalue weighted by molar-refractivity contribution is -0.119. The summed E-state index contributed by atoms with van der Waals surface area (Å²) >= 11 is 0. The van der Waals surface area contributed by atoms with Crippen LogP contribution in [0.25, 0.3) is 0 Å². The van der Waals surface area contributed by atoms with Gasteiger partial charge in [0.05, 0.1) is 11.1 Å². The third-order valence-electron chi connectivity index (χ3n) is 5.66. The molecule has 32 heavy (non-hydrogen) atoms. The van der Waals surface area contributed by atoms with E-state index in [2.05, 4.69) is 0 Å². The van der Waals surface area contributed by atoms with Crippen molar-refractivity contribution in [3.05, 3.63) is 64.7 Å². The normalized spacial score (nSPS) is 17.0. The number of imide groups is 1. The Balaban J connectivity index is 1.46. The fourth-order valence-corrected chi connectivity index (χ4v) is 4.05. The van der Waals surface area contributed by atoms with Crippen LogP contribution in [0.1, 0.15) is 62.8 Å². The van der Waals surface area contributed by atoms with Gasteiger partial charge in [-0.15, -0.1) is 0 Å². The van der Waals surface area contributed by atoms with E-state index in [1.807, 2.05) is 6.92 Å². The summed E-state index contributed by atoms with van der Waals surface area (Å²) in [6.07, 6.45) is 1.76. The van der Waals surface area contributed by atoms with Gasteiger partial charge in [-0.1, -0.05) is 31.2 Å². The molecule has 0 spiro atoms. The average molecular weight is 435 g/mol. The summed E-state index contributed by atoms with van der Waals surface area (Å²) < 4.78 is 10.8. The van der Waals surface area contributed by atoms with Crippen LogP contribution in [0.2, 0.25) is 5.82 Å². The summed E-state index contributed by atoms with van der Waals surface area (Å²) in [4.78, 5) is 50.4. The number of carbonyl (C=O) groups excluding carboxylic acids is 4. The van der Waals surface area contributed by atoms with Gasteiger partial charge < -0.3 is 14.4 Å². The Morgan fingerprint density at radius 2 is 1.81 bits per heavy atom. The highest BCUT2D eigenvalue weighted by Crippen LogP contribution is 2.37. The number of benzene rings is 2. The smallest absolute Gasteiger partial charge is 0.526 e. The Bertz CT molecular complexity index is 1060. The maximum absolute atomic E-state index is 12.7. The molecule has 1 N–H and O–H groups in total. The third kappa shape index (κ3) is 4.03. The maximum atomic E-state index is 12.7. The molecule has 4 rings (SSSR count). The van der Waals surface area contributed by atoms with Crippen LogP contribution in [-0.2, 0) is 16.0 Å². The number of hydrogen-bond donors (Lipinski definition) is 1. The van der Waals surface area contributed by atoms with Crippen LogP contribution in [-0.4, -0.2) is 47.3 Å². The number of ether oxygens (including phenoxy) is 1. The van der Waals surface area contributed by atoms with E-state index in [1.54, 1.807) is 36.4 Å². The molecular weight excluding hydrogens is 413 g/mol. The van der Waals surface area contributed by atoms with Gasteiger partial charge in [-0.2, -0.15) is 0 Å². The molecule has 1 atom stereocenters. The lowest BCUT2D eigenvalue weighted by Gasteiger charge is -2.28. The van der Waals surface area contributed by atoms with E-state index < -0.39 is 37.5 Å². The van der Waals surface area contributed by atoms with Crippen molar-refractivity contribution >= 4 is 30.7 Å². The summed E-state index contributed by atoms with van der Waals surface area (Å²) in [6, 6.07) is 11.3. The number of nitrogens with zero attached hydrogens (tertiary/aromatic N) is 1. The van der Waals surface area contributed by atoms with Crippen molar-refractivity contribution in [2.45, 2.75) is 38.4 Å². The van der Waals surface area contributed by atoms with E-state index in [0.717, 1.165) is 11.3 Å². The molecule has 2 aliphatic rings. The quantitative estimate of drug-likeness (QED) is 0.405. The largest absolute Gasteiger partial charge is 0.535 e. The number of hydrogen-bond acceptors (Lipinski definition) is 7. The second kappa shape index (κ2) is 8.96. The predicted octanol–water partition coefficient (Wildman–Crippen LogP) is 2.64. The van der Waals surface area contributed by atoms with Crippen LogP contribution in [0, 0.1) is 0 Å². The first-order valence-corrected chi connectivity index (χ1v) is 10.5. The summed E-state index contributed by atoms with van der Waals surface area (Å²) in [5.41, 5.74) is 1.29. The topological polar surface area (TPSA) is 110 Å². The Morgan fingerprint density at radius 3 is 2.47 bits per heavy atom. The second-order valence-corrected chi connectivity index (χ2v) is 7.90. The molecule has 0 bridgehead atoms. The van der Waals surface area contributed by atoms with Crippen molar-refractivity contribution in [3.63, 3.8) is 0 Å². The van der Waals surface area contributed by atoms with Crippen LogP contribution in [0.3, 0.4) is 0 Å². The van der Waals surface area contributed by atoms with E-state index in [9.17, 15) is 24.2 Å². The standard InChI is InChI=1S/C23H22BNO7/c1-2-6-16(26)12-15-11-14-7-5-10-19(20(14)32-24(15)30)23(29)31-13-25-21(27)17-8-3-4-9-18(17)22(25)28/h3-5,7-10,15,30H,2,6,11-13H2,1H3/t15-/m1/s1. The molecule has 0 aliphatic carbocycles. The molecule has 2 aromatic carbocycles. The number of Topliss-reactive ketones (excluding diaryl/α,β-unsaturated/α-hetero) is 1. The highest BCUT2D eigenvalue weighted by molar-refractivity contribution is 6.47. The average Bonchev–Trinajstić information content (AvgIpc) is 3.02. The molecule has 0 saturated carbocycles. The van der Waals surface area contributed by atoms with Gasteiger partial charge in [0.2, 0.25) is 0 Å². The summed E-state index contributed by atoms with van der Waals surface area (Å²) in [6.45, 7) is 1.38. The molecule has 2 aromatic rings. The molecule has 0 aromatic heterocycles. The SMILES string of the molecule is CCCC(=O)C[C@H]1Cc2cccc(C(=O)OCN3C(=O)c4ccccc4C3=O)c2OB1O. The molecule has 2 aliphatic heterocycles. The Morgan fingerprint density at radius 1 is 1.12 bits per heavy atom. The zero-order valence-electron chi connectivity index (χ0n) is 17.6. The Kier molecular flexibility index (Phi) is 6.09. The van der Waals surface area contributed by atoms with E-state index >= 15 is 0 Å². The molecule has 0 saturated heterocycles. The molecule has 0 fully saturated rings. The van der Waals surface area contributed by atoms with Gasteiger partial charge >= 0.3 is 13.1 Å². The van der Waals surface area contributed by atoms with Crippen LogP contribution in [0.4, 0.5) is 0 Å². The molecule has 8 nitrogen and oxygen atoms in total. The molecule has 2 amide bonds. The third-order valence-corrected chi connectivity index (χ3v) is 5.66. The van der Waals surface area contributed by atoms with Crippen molar-refractivity contribution in [1.29, 1.82) is 0 Å². The summed E-state index contributed by atoms with van der Waals surface area (Å²) in [5, 5.41) is 10.4. The van der Waals surface area contributed by atoms with Crippen molar-refractivity contribution in [3.8, 4) is 5.75 Å². The van der Waals surface area contributed by atoms with E-state index in [-0.39, 0.29) is 34.6 Å². The van der Waals surface area contributed by atoms with Crippen molar-refractivity contribution in [2.24, 2.45) is 0 Å². The maximum Gasteiger partial charge on any atom is 0.526 e. The van der Waals surface area contributed by atoms with Gasteiger partial charge in [-0.3, -0.25) is 14.4 Å². The summed E-state index contributed by atoms with van der Waals surface area (Å²) in [7, 11) is -1.23. The van der Waals surface area contributed by atoms with Gasteiger partial charge in [0.25, 0.3) is 11.8 Å². The fraction of sp³-hybridized carbons (Fsp3) is 0.304. The fourth-order valence-electron chi connectivity index (χ4n) is 4.05. The van der Waals surface area contributed by atoms with Crippen molar-refractivity contribution in [1.82, 2.24) is 4.90 Å². The van der Waals surface area contributed by atoms with Gasteiger partial charge in [0.15, 0.2) is 6.73 Å². The van der Waals surface area contributed by atoms with Crippen molar-refractivity contribution < 1.29 is 33.6 Å². The molecular formula is C23H22BNO7. The highest BCUT2D eigenvalue weighted by atomic mass is 16.6. The van der Waals surface area contributed by atoms with Crippen LogP contribution < -0.4 is 4.65 Å². The Labute approximate surface area is 185 Å². The molecule has 0 radical (unpaired) electrons. The van der Waals surface area contributed by atoms with Gasteiger partial charge in [0.1, 0.15) is 17.1 Å². The van der Waals surface area contributed by atoms with Crippen LogP contribution >= 0.6 is 0 Å². The lowest BCUT2D eigenvalue weighted by atomic mass is 9.64. The number of para-hydroxylation sites is 1. The van der Waals surface area contributed by atoms with E-state index in [0.29, 0.717) is 18.4 Å². The number of carbonyl (C=O) groups is 4. The minimum Gasteiger partial charge on any atom is -0.535 e. The zero-order valence-corrected chi connectivity index (χ0v) is 17.6. The van der Waals surface area contributed by atoms with Crippen LogP contribution in [0.5, 0.6) is 5.75 Å². The number of fused-ring (bicyclic) bond motifs is 2. The minimum absolute atomic E-state index is 0.0557. The lowest BCUT2D eigenvalue weighted by Crippen LogP contribution is -2.36. The van der Waals surface area contributed by atoms with Crippen molar-refractivity contribution in [2.75, 3.05) is 6.73 Å².